The zero-order valence-electron chi connectivity index (χ0n) is 9.98. The Hall–Kier alpha value is -1.89. The third-order valence-corrected chi connectivity index (χ3v) is 2.62. The predicted octanol–water partition coefficient (Wildman–Crippen LogP) is 1.80. The van der Waals surface area contributed by atoms with Crippen molar-refractivity contribution in [3.63, 3.8) is 0 Å². The quantitative estimate of drug-likeness (QED) is 0.907. The van der Waals surface area contributed by atoms with Gasteiger partial charge in [-0.25, -0.2) is 4.98 Å². The van der Waals surface area contributed by atoms with Crippen LogP contribution in [0.3, 0.4) is 0 Å². The van der Waals surface area contributed by atoms with Gasteiger partial charge in [-0.15, -0.1) is 0 Å². The first-order valence-electron chi connectivity index (χ1n) is 5.54. The topological polar surface area (TPSA) is 55.1 Å². The van der Waals surface area contributed by atoms with E-state index in [4.69, 9.17) is 0 Å². The highest BCUT2D eigenvalue weighted by atomic mass is 19.4. The van der Waals surface area contributed by atoms with Crippen molar-refractivity contribution in [1.29, 1.82) is 0 Å². The van der Waals surface area contributed by atoms with Gasteiger partial charge in [0.15, 0.2) is 0 Å². The van der Waals surface area contributed by atoms with E-state index in [0.29, 0.717) is 0 Å². The Morgan fingerprint density at radius 3 is 2.68 bits per heavy atom. The Kier molecular flexibility index (Phi) is 3.32. The molecule has 1 unspecified atom stereocenters. The fourth-order valence-electron chi connectivity index (χ4n) is 1.85. The van der Waals surface area contributed by atoms with Crippen molar-refractivity contribution in [3.05, 3.63) is 40.4 Å². The summed E-state index contributed by atoms with van der Waals surface area (Å²) in [7, 11) is 0. The maximum Gasteiger partial charge on any atom is 0.417 e. The molecule has 0 radical (unpaired) electrons. The second-order valence-electron chi connectivity index (χ2n) is 4.25. The molecule has 0 saturated heterocycles. The van der Waals surface area contributed by atoms with E-state index < -0.39 is 28.8 Å². The van der Waals surface area contributed by atoms with Crippen molar-refractivity contribution < 1.29 is 18.3 Å². The number of aromatic nitrogens is 2. The van der Waals surface area contributed by atoms with Crippen molar-refractivity contribution in [3.8, 4) is 0 Å². The van der Waals surface area contributed by atoms with Crippen LogP contribution in [0.25, 0.3) is 10.9 Å². The molecule has 2 aromatic rings. The third kappa shape index (κ3) is 2.60. The highest BCUT2D eigenvalue weighted by molar-refractivity contribution is 5.81. The molecule has 4 nitrogen and oxygen atoms in total. The van der Waals surface area contributed by atoms with Crippen LogP contribution in [-0.2, 0) is 12.7 Å². The molecule has 19 heavy (non-hydrogen) atoms. The second kappa shape index (κ2) is 4.65. The number of nitrogens with zero attached hydrogens (tertiary/aromatic N) is 2. The third-order valence-electron chi connectivity index (χ3n) is 2.62. The number of aliphatic hydroxyl groups excluding tert-OH is 1. The summed E-state index contributed by atoms with van der Waals surface area (Å²) in [4.78, 5) is 15.9. The Bertz CT molecular complexity index is 662. The summed E-state index contributed by atoms with van der Waals surface area (Å²) in [6.07, 6.45) is -4.34. The van der Waals surface area contributed by atoms with Crippen LogP contribution in [0.4, 0.5) is 13.2 Å². The molecule has 0 aliphatic rings. The summed E-state index contributed by atoms with van der Waals surface area (Å²) >= 11 is 0. The number of fused-ring (bicyclic) bond motifs is 1. The van der Waals surface area contributed by atoms with E-state index in [2.05, 4.69) is 4.98 Å². The Labute approximate surface area is 106 Å². The summed E-state index contributed by atoms with van der Waals surface area (Å²) in [5.41, 5.74) is -1.83. The molecule has 1 heterocycles. The fraction of sp³-hybridized carbons (Fsp3) is 0.333. The zero-order chi connectivity index (χ0) is 14.2. The van der Waals surface area contributed by atoms with Crippen molar-refractivity contribution >= 4 is 10.9 Å². The number of halogens is 3. The molecule has 0 amide bonds. The normalized spacial score (nSPS) is 13.7. The van der Waals surface area contributed by atoms with Crippen LogP contribution in [0.1, 0.15) is 12.5 Å². The number of aliphatic hydroxyl groups is 1. The number of alkyl halides is 3. The molecule has 1 atom stereocenters. The molecule has 0 bridgehead atoms. The van der Waals surface area contributed by atoms with Crippen LogP contribution in [0.15, 0.2) is 29.3 Å². The van der Waals surface area contributed by atoms with Crippen LogP contribution in [0.2, 0.25) is 0 Å². The highest BCUT2D eigenvalue weighted by Crippen LogP contribution is 2.32. The average molecular weight is 272 g/mol. The van der Waals surface area contributed by atoms with Crippen molar-refractivity contribution in [2.75, 3.05) is 0 Å². The van der Waals surface area contributed by atoms with Crippen molar-refractivity contribution in [1.82, 2.24) is 9.55 Å². The van der Waals surface area contributed by atoms with Crippen LogP contribution < -0.4 is 5.56 Å². The summed E-state index contributed by atoms with van der Waals surface area (Å²) in [6.45, 7) is 1.33. The van der Waals surface area contributed by atoms with E-state index in [1.54, 1.807) is 0 Å². The molecule has 1 aromatic carbocycles. The minimum absolute atomic E-state index is 0.0123. The lowest BCUT2D eigenvalue weighted by Gasteiger charge is -2.12. The SMILES string of the molecule is CC(O)Cn1cnc2cccc(C(F)(F)F)c2c1=O. The van der Waals surface area contributed by atoms with Crippen LogP contribution in [0, 0.1) is 0 Å². The van der Waals surface area contributed by atoms with Crippen LogP contribution in [0.5, 0.6) is 0 Å². The van der Waals surface area contributed by atoms with Crippen LogP contribution >= 0.6 is 0 Å². The van der Waals surface area contributed by atoms with Gasteiger partial charge in [0, 0.05) is 0 Å². The van der Waals surface area contributed by atoms with E-state index in [0.717, 1.165) is 17.0 Å². The number of rotatable bonds is 2. The minimum atomic E-state index is -4.62. The van der Waals surface area contributed by atoms with E-state index in [1.807, 2.05) is 0 Å². The lowest BCUT2D eigenvalue weighted by molar-refractivity contribution is -0.136. The van der Waals surface area contributed by atoms with Gasteiger partial charge in [-0.3, -0.25) is 9.36 Å². The summed E-state index contributed by atoms with van der Waals surface area (Å²) in [6, 6.07) is 3.40. The monoisotopic (exact) mass is 272 g/mol. The Morgan fingerprint density at radius 2 is 2.11 bits per heavy atom. The molecular formula is C12H11F3N2O2. The summed E-state index contributed by atoms with van der Waals surface area (Å²) in [5.74, 6) is 0. The van der Waals surface area contributed by atoms with E-state index in [1.165, 1.54) is 19.1 Å². The predicted molar refractivity (Wildman–Crippen MR) is 62.7 cm³/mol. The molecule has 102 valence electrons. The molecule has 7 heteroatoms. The molecule has 1 aromatic heterocycles. The van der Waals surface area contributed by atoms with Gasteiger partial charge in [0.1, 0.15) is 0 Å². The average Bonchev–Trinajstić information content (AvgIpc) is 2.30. The summed E-state index contributed by atoms with van der Waals surface area (Å²) < 4.78 is 39.6. The first-order chi connectivity index (χ1) is 8.80. The van der Waals surface area contributed by atoms with Gasteiger partial charge in [0.05, 0.1) is 35.4 Å². The van der Waals surface area contributed by atoms with Gasteiger partial charge < -0.3 is 5.11 Å². The second-order valence-corrected chi connectivity index (χ2v) is 4.25. The van der Waals surface area contributed by atoms with E-state index in [-0.39, 0.29) is 12.1 Å². The zero-order valence-corrected chi connectivity index (χ0v) is 9.98. The first-order valence-corrected chi connectivity index (χ1v) is 5.54. The lowest BCUT2D eigenvalue weighted by Crippen LogP contribution is -2.27. The van der Waals surface area contributed by atoms with Gasteiger partial charge in [-0.05, 0) is 19.1 Å². The van der Waals surface area contributed by atoms with Gasteiger partial charge in [0.2, 0.25) is 0 Å². The minimum Gasteiger partial charge on any atom is -0.392 e. The molecule has 2 rings (SSSR count). The Balaban J connectivity index is 2.76. The van der Waals surface area contributed by atoms with Crippen molar-refractivity contribution in [2.24, 2.45) is 0 Å². The maximum atomic E-state index is 12.9. The van der Waals surface area contributed by atoms with Gasteiger partial charge in [-0.1, -0.05) is 6.07 Å². The molecule has 0 aliphatic carbocycles. The largest absolute Gasteiger partial charge is 0.417 e. The molecule has 0 fully saturated rings. The van der Waals surface area contributed by atoms with Crippen LogP contribution in [-0.4, -0.2) is 20.8 Å². The van der Waals surface area contributed by atoms with Crippen molar-refractivity contribution in [2.45, 2.75) is 25.7 Å². The lowest BCUT2D eigenvalue weighted by atomic mass is 10.1. The van der Waals surface area contributed by atoms with Gasteiger partial charge in [-0.2, -0.15) is 13.2 Å². The number of hydrogen-bond donors (Lipinski definition) is 1. The number of hydrogen-bond acceptors (Lipinski definition) is 3. The molecule has 0 spiro atoms. The molecule has 1 N–H and O–H groups in total. The van der Waals surface area contributed by atoms with E-state index in [9.17, 15) is 23.1 Å². The molecular weight excluding hydrogens is 261 g/mol. The fourth-order valence-corrected chi connectivity index (χ4v) is 1.85. The van der Waals surface area contributed by atoms with Gasteiger partial charge >= 0.3 is 6.18 Å². The standard InChI is InChI=1S/C12H11F3N2O2/c1-7(18)5-17-6-16-9-4-2-3-8(12(13,14)15)10(9)11(17)19/h2-4,6-7,18H,5H2,1H3. The highest BCUT2D eigenvalue weighted by Gasteiger charge is 2.33. The molecule has 0 saturated carbocycles. The smallest absolute Gasteiger partial charge is 0.392 e. The maximum absolute atomic E-state index is 12.9. The Morgan fingerprint density at radius 1 is 1.42 bits per heavy atom. The van der Waals surface area contributed by atoms with E-state index >= 15 is 0 Å². The number of benzene rings is 1. The first kappa shape index (κ1) is 13.5. The summed E-state index contributed by atoms with van der Waals surface area (Å²) in [5, 5.41) is 8.75. The van der Waals surface area contributed by atoms with Gasteiger partial charge in [0.25, 0.3) is 5.56 Å². The molecule has 0 aliphatic heterocycles.